The van der Waals surface area contributed by atoms with Gasteiger partial charge in [-0.25, -0.2) is 0 Å². The average molecular weight is 297 g/mol. The molecule has 0 bridgehead atoms. The summed E-state index contributed by atoms with van der Waals surface area (Å²) < 4.78 is 5.12. The molecule has 0 aromatic heterocycles. The van der Waals surface area contributed by atoms with Gasteiger partial charge in [-0.15, -0.1) is 0 Å². The van der Waals surface area contributed by atoms with E-state index in [1.807, 2.05) is 0 Å². The molecule has 1 rings (SSSR count). The SMILES string of the molecule is CCCCCCCCCCOC(=O)CNC(=O)C1CCC1. The number of hydrogen-bond donors (Lipinski definition) is 1. The third kappa shape index (κ3) is 8.74. The summed E-state index contributed by atoms with van der Waals surface area (Å²) in [5.41, 5.74) is 0. The molecule has 0 aliphatic heterocycles. The summed E-state index contributed by atoms with van der Waals surface area (Å²) in [5.74, 6) is -0.179. The van der Waals surface area contributed by atoms with Gasteiger partial charge in [-0.05, 0) is 19.3 Å². The van der Waals surface area contributed by atoms with Crippen LogP contribution in [0, 0.1) is 5.92 Å². The van der Waals surface area contributed by atoms with E-state index in [1.54, 1.807) is 0 Å². The zero-order valence-electron chi connectivity index (χ0n) is 13.5. The second-order valence-corrected chi connectivity index (χ2v) is 6.04. The molecule has 0 atom stereocenters. The van der Waals surface area contributed by atoms with Crippen LogP contribution in [0.3, 0.4) is 0 Å². The highest BCUT2D eigenvalue weighted by Crippen LogP contribution is 2.25. The summed E-state index contributed by atoms with van der Waals surface area (Å²) in [5, 5.41) is 2.65. The Morgan fingerprint density at radius 1 is 1.00 bits per heavy atom. The average Bonchev–Trinajstić information content (AvgIpc) is 2.41. The van der Waals surface area contributed by atoms with E-state index in [9.17, 15) is 9.59 Å². The van der Waals surface area contributed by atoms with Gasteiger partial charge in [0.05, 0.1) is 6.61 Å². The molecule has 0 aromatic rings. The van der Waals surface area contributed by atoms with Gasteiger partial charge in [-0.2, -0.15) is 0 Å². The Morgan fingerprint density at radius 2 is 1.62 bits per heavy atom. The normalized spacial score (nSPS) is 14.5. The second kappa shape index (κ2) is 11.6. The highest BCUT2D eigenvalue weighted by Gasteiger charge is 2.25. The molecule has 1 fully saturated rings. The molecule has 0 radical (unpaired) electrons. The summed E-state index contributed by atoms with van der Waals surface area (Å²) in [6.07, 6.45) is 12.9. The number of carbonyl (C=O) groups is 2. The van der Waals surface area contributed by atoms with Crippen LogP contribution in [0.5, 0.6) is 0 Å². The van der Waals surface area contributed by atoms with Gasteiger partial charge < -0.3 is 10.1 Å². The standard InChI is InChI=1S/C17H31NO3/c1-2-3-4-5-6-7-8-9-13-21-16(19)14-18-17(20)15-11-10-12-15/h15H,2-14H2,1H3,(H,18,20). The van der Waals surface area contributed by atoms with Crippen molar-refractivity contribution in [1.82, 2.24) is 5.32 Å². The number of unbranched alkanes of at least 4 members (excludes halogenated alkanes) is 7. The molecule has 122 valence electrons. The third-order valence-corrected chi connectivity index (χ3v) is 4.14. The minimum Gasteiger partial charge on any atom is -0.464 e. The molecule has 4 heteroatoms. The van der Waals surface area contributed by atoms with Gasteiger partial charge >= 0.3 is 5.97 Å². The van der Waals surface area contributed by atoms with Crippen molar-refractivity contribution in [3.63, 3.8) is 0 Å². The van der Waals surface area contributed by atoms with E-state index < -0.39 is 0 Å². The fraction of sp³-hybridized carbons (Fsp3) is 0.882. The number of carbonyl (C=O) groups excluding carboxylic acids is 2. The van der Waals surface area contributed by atoms with Crippen LogP contribution < -0.4 is 5.32 Å². The van der Waals surface area contributed by atoms with Gasteiger partial charge in [0.1, 0.15) is 6.54 Å². The van der Waals surface area contributed by atoms with Crippen molar-refractivity contribution in [2.75, 3.05) is 13.2 Å². The Kier molecular flexibility index (Phi) is 9.92. The number of ether oxygens (including phenoxy) is 1. The van der Waals surface area contributed by atoms with E-state index in [1.165, 1.54) is 38.5 Å². The minimum atomic E-state index is -0.314. The summed E-state index contributed by atoms with van der Waals surface area (Å²) in [6, 6.07) is 0. The fourth-order valence-corrected chi connectivity index (χ4v) is 2.45. The first-order chi connectivity index (χ1) is 10.2. The topological polar surface area (TPSA) is 55.4 Å². The van der Waals surface area contributed by atoms with Crippen molar-refractivity contribution in [2.45, 2.75) is 77.6 Å². The van der Waals surface area contributed by atoms with Gasteiger partial charge in [0, 0.05) is 5.92 Å². The van der Waals surface area contributed by atoms with Crippen LogP contribution in [0.1, 0.15) is 77.6 Å². The van der Waals surface area contributed by atoms with Crippen LogP contribution >= 0.6 is 0 Å². The van der Waals surface area contributed by atoms with Gasteiger partial charge in [0.2, 0.25) is 5.91 Å². The van der Waals surface area contributed by atoms with Crippen LogP contribution in [0.15, 0.2) is 0 Å². The predicted molar refractivity (Wildman–Crippen MR) is 83.9 cm³/mol. The van der Waals surface area contributed by atoms with E-state index in [2.05, 4.69) is 12.2 Å². The highest BCUT2D eigenvalue weighted by atomic mass is 16.5. The zero-order valence-corrected chi connectivity index (χ0v) is 13.5. The van der Waals surface area contributed by atoms with Gasteiger partial charge in [-0.1, -0.05) is 58.3 Å². The van der Waals surface area contributed by atoms with E-state index in [-0.39, 0.29) is 24.3 Å². The lowest BCUT2D eigenvalue weighted by Crippen LogP contribution is -2.37. The molecule has 0 saturated heterocycles. The van der Waals surface area contributed by atoms with Crippen molar-refractivity contribution in [2.24, 2.45) is 5.92 Å². The minimum absolute atomic E-state index is 0.00489. The van der Waals surface area contributed by atoms with Crippen molar-refractivity contribution in [1.29, 1.82) is 0 Å². The lowest BCUT2D eigenvalue weighted by atomic mass is 9.85. The van der Waals surface area contributed by atoms with Crippen molar-refractivity contribution in [3.8, 4) is 0 Å². The van der Waals surface area contributed by atoms with Gasteiger partial charge in [-0.3, -0.25) is 9.59 Å². The summed E-state index contributed by atoms with van der Waals surface area (Å²) >= 11 is 0. The number of esters is 1. The first kappa shape index (κ1) is 18.0. The molecule has 0 spiro atoms. The van der Waals surface area contributed by atoms with Crippen LogP contribution in [0.25, 0.3) is 0 Å². The van der Waals surface area contributed by atoms with Gasteiger partial charge in [0.15, 0.2) is 0 Å². The summed E-state index contributed by atoms with van der Waals surface area (Å²) in [6.45, 7) is 2.72. The molecule has 1 aliphatic rings. The lowest BCUT2D eigenvalue weighted by Gasteiger charge is -2.23. The smallest absolute Gasteiger partial charge is 0.325 e. The highest BCUT2D eigenvalue weighted by molar-refractivity contribution is 5.83. The molecule has 1 N–H and O–H groups in total. The summed E-state index contributed by atoms with van der Waals surface area (Å²) in [4.78, 5) is 23.0. The maximum Gasteiger partial charge on any atom is 0.325 e. The largest absolute Gasteiger partial charge is 0.464 e. The van der Waals surface area contributed by atoms with E-state index in [4.69, 9.17) is 4.74 Å². The number of rotatable bonds is 12. The Bertz CT molecular complexity index is 300. The first-order valence-corrected chi connectivity index (χ1v) is 8.67. The monoisotopic (exact) mass is 297 g/mol. The molecular formula is C17H31NO3. The Labute approximate surface area is 129 Å². The quantitative estimate of drug-likeness (QED) is 0.442. The van der Waals surface area contributed by atoms with E-state index in [0.29, 0.717) is 6.61 Å². The maximum atomic E-state index is 11.5. The molecule has 4 nitrogen and oxygen atoms in total. The molecule has 1 aliphatic carbocycles. The zero-order chi connectivity index (χ0) is 15.3. The van der Waals surface area contributed by atoms with Crippen molar-refractivity contribution < 1.29 is 14.3 Å². The van der Waals surface area contributed by atoms with Crippen LogP contribution in [0.2, 0.25) is 0 Å². The first-order valence-electron chi connectivity index (χ1n) is 8.67. The van der Waals surface area contributed by atoms with E-state index in [0.717, 1.165) is 32.1 Å². The lowest BCUT2D eigenvalue weighted by molar-refractivity contribution is -0.144. The van der Waals surface area contributed by atoms with Crippen LogP contribution in [0.4, 0.5) is 0 Å². The molecule has 21 heavy (non-hydrogen) atoms. The fourth-order valence-electron chi connectivity index (χ4n) is 2.45. The van der Waals surface area contributed by atoms with Crippen LogP contribution in [-0.4, -0.2) is 25.0 Å². The Hall–Kier alpha value is -1.06. The molecule has 1 saturated carbocycles. The number of nitrogens with one attached hydrogen (secondary N) is 1. The van der Waals surface area contributed by atoms with Crippen molar-refractivity contribution in [3.05, 3.63) is 0 Å². The molecule has 1 amide bonds. The molecule has 0 heterocycles. The molecule has 0 unspecified atom stereocenters. The Balaban J connectivity index is 1.83. The van der Waals surface area contributed by atoms with E-state index >= 15 is 0 Å². The van der Waals surface area contributed by atoms with Crippen molar-refractivity contribution >= 4 is 11.9 Å². The Morgan fingerprint density at radius 3 is 2.19 bits per heavy atom. The predicted octanol–water partition coefficient (Wildman–Crippen LogP) is 3.59. The number of hydrogen-bond acceptors (Lipinski definition) is 3. The molecule has 0 aromatic carbocycles. The third-order valence-electron chi connectivity index (χ3n) is 4.14. The maximum absolute atomic E-state index is 11.5. The molecular weight excluding hydrogens is 266 g/mol. The van der Waals surface area contributed by atoms with Gasteiger partial charge in [0.25, 0.3) is 0 Å². The van der Waals surface area contributed by atoms with Crippen LogP contribution in [-0.2, 0) is 14.3 Å². The second-order valence-electron chi connectivity index (χ2n) is 6.04. The summed E-state index contributed by atoms with van der Waals surface area (Å²) in [7, 11) is 0. The number of amides is 1.